The molecule has 1 rings (SSSR count). The molecule has 4 nitrogen and oxygen atoms in total. The van der Waals surface area contributed by atoms with Crippen LogP contribution in [0.4, 0.5) is 5.69 Å². The molecule has 0 bridgehead atoms. The number of benzene rings is 1. The average molecular weight is 209 g/mol. The number of carboxylic acids is 1. The highest BCUT2D eigenvalue weighted by Crippen LogP contribution is 2.11. The Morgan fingerprint density at radius 3 is 2.47 bits per heavy atom. The van der Waals surface area contributed by atoms with Crippen molar-refractivity contribution in [3.63, 3.8) is 0 Å². The molecule has 1 atom stereocenters. The second kappa shape index (κ2) is 5.36. The molecule has 15 heavy (non-hydrogen) atoms. The molecular weight excluding hydrogens is 194 g/mol. The zero-order valence-corrected chi connectivity index (χ0v) is 8.60. The van der Waals surface area contributed by atoms with Gasteiger partial charge in [0.15, 0.2) is 0 Å². The summed E-state index contributed by atoms with van der Waals surface area (Å²) >= 11 is 0. The molecule has 0 saturated carbocycles. The van der Waals surface area contributed by atoms with Crippen LogP contribution in [0.15, 0.2) is 24.3 Å². The lowest BCUT2D eigenvalue weighted by atomic mass is 10.1. The lowest BCUT2D eigenvalue weighted by Crippen LogP contribution is -2.25. The van der Waals surface area contributed by atoms with E-state index in [0.29, 0.717) is 6.42 Å². The van der Waals surface area contributed by atoms with Crippen LogP contribution in [0.25, 0.3) is 0 Å². The first kappa shape index (κ1) is 11.5. The second-order valence-electron chi connectivity index (χ2n) is 3.37. The number of nitrogens with one attached hydrogen (secondary N) is 1. The van der Waals surface area contributed by atoms with Crippen LogP contribution in [0.2, 0.25) is 0 Å². The Balaban J connectivity index is 2.60. The van der Waals surface area contributed by atoms with Gasteiger partial charge in [-0.05, 0) is 31.0 Å². The third kappa shape index (κ3) is 3.59. The summed E-state index contributed by atoms with van der Waals surface area (Å²) in [6.07, 6.45) is 0.620. The van der Waals surface area contributed by atoms with Gasteiger partial charge in [-0.1, -0.05) is 12.1 Å². The maximum absolute atomic E-state index is 10.6. The van der Waals surface area contributed by atoms with Gasteiger partial charge in [0.1, 0.15) is 6.04 Å². The van der Waals surface area contributed by atoms with Gasteiger partial charge >= 0.3 is 5.97 Å². The van der Waals surface area contributed by atoms with Crippen molar-refractivity contribution >= 4 is 11.7 Å². The van der Waals surface area contributed by atoms with E-state index in [1.807, 2.05) is 24.3 Å². The first-order valence-corrected chi connectivity index (χ1v) is 4.82. The smallest absolute Gasteiger partial charge is 0.325 e. The van der Waals surface area contributed by atoms with Crippen molar-refractivity contribution in [2.24, 2.45) is 0 Å². The van der Waals surface area contributed by atoms with Crippen LogP contribution >= 0.6 is 0 Å². The van der Waals surface area contributed by atoms with Gasteiger partial charge in [-0.2, -0.15) is 0 Å². The normalized spacial score (nSPS) is 12.1. The number of aliphatic hydroxyl groups is 1. The van der Waals surface area contributed by atoms with Gasteiger partial charge in [0.2, 0.25) is 0 Å². The molecule has 1 aromatic carbocycles. The van der Waals surface area contributed by atoms with E-state index in [-0.39, 0.29) is 6.61 Å². The van der Waals surface area contributed by atoms with Crippen LogP contribution in [0.3, 0.4) is 0 Å². The first-order valence-electron chi connectivity index (χ1n) is 4.82. The fourth-order valence-corrected chi connectivity index (χ4v) is 1.21. The van der Waals surface area contributed by atoms with Gasteiger partial charge in [0.25, 0.3) is 0 Å². The zero-order chi connectivity index (χ0) is 11.3. The maximum Gasteiger partial charge on any atom is 0.325 e. The van der Waals surface area contributed by atoms with Crippen LogP contribution in [0, 0.1) is 0 Å². The molecule has 0 aliphatic rings. The fourth-order valence-electron chi connectivity index (χ4n) is 1.21. The lowest BCUT2D eigenvalue weighted by Gasteiger charge is -2.10. The number of carbonyl (C=O) groups is 1. The van der Waals surface area contributed by atoms with Crippen LogP contribution in [0.5, 0.6) is 0 Å². The number of anilines is 1. The fraction of sp³-hybridized carbons (Fsp3) is 0.364. The van der Waals surface area contributed by atoms with Gasteiger partial charge in [-0.25, -0.2) is 0 Å². The van der Waals surface area contributed by atoms with E-state index >= 15 is 0 Å². The Morgan fingerprint density at radius 1 is 1.40 bits per heavy atom. The van der Waals surface area contributed by atoms with Gasteiger partial charge < -0.3 is 15.5 Å². The van der Waals surface area contributed by atoms with Crippen molar-refractivity contribution < 1.29 is 15.0 Å². The summed E-state index contributed by atoms with van der Waals surface area (Å²) in [6.45, 7) is 1.71. The second-order valence-corrected chi connectivity index (χ2v) is 3.37. The molecule has 0 aromatic heterocycles. The summed E-state index contributed by atoms with van der Waals surface area (Å²) in [5, 5.41) is 20.2. The highest BCUT2D eigenvalue weighted by Gasteiger charge is 2.09. The van der Waals surface area contributed by atoms with E-state index in [1.54, 1.807) is 6.92 Å². The van der Waals surface area contributed by atoms with E-state index in [4.69, 9.17) is 10.2 Å². The lowest BCUT2D eigenvalue weighted by molar-refractivity contribution is -0.137. The number of aliphatic carboxylic acids is 1. The summed E-state index contributed by atoms with van der Waals surface area (Å²) in [7, 11) is 0. The Hall–Kier alpha value is -1.55. The molecule has 0 aliphatic heterocycles. The van der Waals surface area contributed by atoms with Crippen molar-refractivity contribution in [1.29, 1.82) is 0 Å². The molecule has 0 heterocycles. The SMILES string of the molecule is CC(Nc1ccc(CCO)cc1)C(=O)O. The molecule has 4 heteroatoms. The summed E-state index contributed by atoms with van der Waals surface area (Å²) in [5.74, 6) is -0.880. The molecule has 0 radical (unpaired) electrons. The van der Waals surface area contributed by atoms with Crippen molar-refractivity contribution in [3.8, 4) is 0 Å². The number of hydrogen-bond acceptors (Lipinski definition) is 3. The number of carboxylic acid groups (broad SMARTS) is 1. The molecule has 1 unspecified atom stereocenters. The van der Waals surface area contributed by atoms with E-state index in [1.165, 1.54) is 0 Å². The van der Waals surface area contributed by atoms with Crippen LogP contribution < -0.4 is 5.32 Å². The van der Waals surface area contributed by atoms with Crippen molar-refractivity contribution in [2.45, 2.75) is 19.4 Å². The zero-order valence-electron chi connectivity index (χ0n) is 8.60. The molecule has 0 fully saturated rings. The monoisotopic (exact) mass is 209 g/mol. The van der Waals surface area contributed by atoms with Crippen molar-refractivity contribution in [1.82, 2.24) is 0 Å². The van der Waals surface area contributed by atoms with Crippen LogP contribution in [-0.2, 0) is 11.2 Å². The molecule has 0 spiro atoms. The molecule has 0 amide bonds. The van der Waals surface area contributed by atoms with Crippen molar-refractivity contribution in [3.05, 3.63) is 29.8 Å². The van der Waals surface area contributed by atoms with Gasteiger partial charge in [-0.15, -0.1) is 0 Å². The third-order valence-corrected chi connectivity index (χ3v) is 2.11. The molecule has 82 valence electrons. The summed E-state index contributed by atoms with van der Waals surface area (Å²) in [4.78, 5) is 10.6. The molecule has 0 saturated heterocycles. The highest BCUT2D eigenvalue weighted by atomic mass is 16.4. The minimum Gasteiger partial charge on any atom is -0.480 e. The third-order valence-electron chi connectivity index (χ3n) is 2.11. The Bertz CT molecular complexity index is 321. The van der Waals surface area contributed by atoms with E-state index in [9.17, 15) is 4.79 Å². The van der Waals surface area contributed by atoms with Gasteiger partial charge in [0, 0.05) is 12.3 Å². The number of rotatable bonds is 5. The van der Waals surface area contributed by atoms with Crippen molar-refractivity contribution in [2.75, 3.05) is 11.9 Å². The maximum atomic E-state index is 10.6. The summed E-state index contributed by atoms with van der Waals surface area (Å²) in [6, 6.07) is 6.75. The Kier molecular flexibility index (Phi) is 4.12. The minimum atomic E-state index is -0.880. The largest absolute Gasteiger partial charge is 0.480 e. The Labute approximate surface area is 88.6 Å². The van der Waals surface area contributed by atoms with E-state index in [2.05, 4.69) is 5.32 Å². The summed E-state index contributed by atoms with van der Waals surface area (Å²) < 4.78 is 0. The quantitative estimate of drug-likeness (QED) is 0.679. The van der Waals surface area contributed by atoms with E-state index in [0.717, 1.165) is 11.3 Å². The van der Waals surface area contributed by atoms with Gasteiger partial charge in [0.05, 0.1) is 0 Å². The van der Waals surface area contributed by atoms with E-state index < -0.39 is 12.0 Å². The molecular formula is C11H15NO3. The predicted octanol–water partition coefficient (Wildman–Crippen LogP) is 1.11. The molecule has 3 N–H and O–H groups in total. The number of hydrogen-bond donors (Lipinski definition) is 3. The summed E-state index contributed by atoms with van der Waals surface area (Å²) in [5.41, 5.74) is 1.80. The molecule has 1 aromatic rings. The van der Waals surface area contributed by atoms with Crippen LogP contribution in [-0.4, -0.2) is 28.8 Å². The number of aliphatic hydroxyl groups excluding tert-OH is 1. The average Bonchev–Trinajstić information content (AvgIpc) is 2.21. The first-order chi connectivity index (χ1) is 7.13. The Morgan fingerprint density at radius 2 is 2.00 bits per heavy atom. The highest BCUT2D eigenvalue weighted by molar-refractivity contribution is 5.76. The molecule has 0 aliphatic carbocycles. The topological polar surface area (TPSA) is 69.6 Å². The standard InChI is InChI=1S/C11H15NO3/c1-8(11(14)15)12-10-4-2-9(3-5-10)6-7-13/h2-5,8,12-13H,6-7H2,1H3,(H,14,15). The van der Waals surface area contributed by atoms with Gasteiger partial charge in [-0.3, -0.25) is 4.79 Å². The predicted molar refractivity (Wildman–Crippen MR) is 58.0 cm³/mol. The van der Waals surface area contributed by atoms with Crippen LogP contribution in [0.1, 0.15) is 12.5 Å². The minimum absolute atomic E-state index is 0.123.